The van der Waals surface area contributed by atoms with E-state index in [4.69, 9.17) is 33.0 Å². The van der Waals surface area contributed by atoms with Crippen LogP contribution in [0.15, 0.2) is 36.5 Å². The zero-order valence-electron chi connectivity index (χ0n) is 21.8. The van der Waals surface area contributed by atoms with Crippen molar-refractivity contribution in [2.75, 3.05) is 11.5 Å². The number of anilines is 2. The molecule has 3 aromatic heterocycles. The van der Waals surface area contributed by atoms with Gasteiger partial charge in [-0.1, -0.05) is 23.7 Å². The summed E-state index contributed by atoms with van der Waals surface area (Å²) in [6, 6.07) is 9.57. The molecule has 0 unspecified atom stereocenters. The number of rotatable bonds is 3. The van der Waals surface area contributed by atoms with Gasteiger partial charge in [-0.25, -0.2) is 19.7 Å². The van der Waals surface area contributed by atoms with Crippen LogP contribution in [0.5, 0.6) is 0 Å². The summed E-state index contributed by atoms with van der Waals surface area (Å²) in [5.74, 6) is -1.20. The van der Waals surface area contributed by atoms with Gasteiger partial charge in [0, 0.05) is 11.6 Å². The Balaban J connectivity index is 0.000000431. The third kappa shape index (κ3) is 5.24. The average Bonchev–Trinajstić information content (AvgIpc) is 3.52. The van der Waals surface area contributed by atoms with Gasteiger partial charge in [-0.15, -0.1) is 0 Å². The van der Waals surface area contributed by atoms with Gasteiger partial charge >= 0.3 is 12.1 Å². The molecule has 14 heteroatoms. The number of aryl methyl sites for hydroxylation is 1. The van der Waals surface area contributed by atoms with Crippen LogP contribution < -0.4 is 11.5 Å². The van der Waals surface area contributed by atoms with Crippen LogP contribution in [0.25, 0.3) is 21.9 Å². The van der Waals surface area contributed by atoms with Crippen molar-refractivity contribution < 1.29 is 33.3 Å². The highest BCUT2D eigenvalue weighted by atomic mass is 35.5. The molecule has 6 rings (SSSR count). The van der Waals surface area contributed by atoms with Crippen LogP contribution in [0, 0.1) is 18.8 Å². The molecule has 2 saturated carbocycles. The molecule has 4 aromatic rings. The Morgan fingerprint density at radius 1 is 1.17 bits per heavy atom. The first-order chi connectivity index (χ1) is 19.2. The monoisotopic (exact) mass is 592 g/mol. The van der Waals surface area contributed by atoms with E-state index in [0.29, 0.717) is 41.0 Å². The molecule has 0 bridgehead atoms. The third-order valence-electron chi connectivity index (χ3n) is 8.17. The predicted molar refractivity (Wildman–Crippen MR) is 146 cm³/mol. The van der Waals surface area contributed by atoms with Gasteiger partial charge in [-0.2, -0.15) is 13.2 Å². The van der Waals surface area contributed by atoms with E-state index in [-0.39, 0.29) is 17.9 Å². The molecule has 0 amide bonds. The molecule has 2 aliphatic carbocycles. The number of aromatic nitrogens is 4. The molecule has 2 fully saturated rings. The fourth-order valence-corrected chi connectivity index (χ4v) is 6.44. The first-order valence-electron chi connectivity index (χ1n) is 12.8. The van der Waals surface area contributed by atoms with Crippen molar-refractivity contribution in [3.05, 3.63) is 52.9 Å². The van der Waals surface area contributed by atoms with Crippen LogP contribution in [-0.2, 0) is 11.2 Å². The summed E-state index contributed by atoms with van der Waals surface area (Å²) in [6.07, 6.45) is -1.16. The van der Waals surface area contributed by atoms with E-state index >= 15 is 0 Å². The fraction of sp³-hybridized carbons (Fsp3) is 0.407. The molecule has 10 nitrogen and oxygen atoms in total. The molecular weight excluding hydrogens is 565 g/mol. The van der Waals surface area contributed by atoms with E-state index in [1.807, 2.05) is 35.0 Å². The Hall–Kier alpha value is -3.68. The number of carbonyl (C=O) groups is 1. The molecule has 2 aliphatic rings. The second-order valence-corrected chi connectivity index (χ2v) is 11.1. The van der Waals surface area contributed by atoms with Crippen LogP contribution in [0.4, 0.5) is 24.8 Å². The van der Waals surface area contributed by atoms with Gasteiger partial charge in [0.15, 0.2) is 0 Å². The number of nitrogen functional groups attached to an aromatic ring is 2. The number of nitrogens with zero attached hydrogens (tertiary/aromatic N) is 4. The van der Waals surface area contributed by atoms with Crippen molar-refractivity contribution in [1.29, 1.82) is 0 Å². The lowest BCUT2D eigenvalue weighted by atomic mass is 9.84. The first-order valence-corrected chi connectivity index (χ1v) is 13.2. The third-order valence-corrected chi connectivity index (χ3v) is 8.48. The Morgan fingerprint density at radius 2 is 1.88 bits per heavy atom. The van der Waals surface area contributed by atoms with Gasteiger partial charge in [0.25, 0.3) is 0 Å². The fourth-order valence-electron chi connectivity index (χ4n) is 6.28. The van der Waals surface area contributed by atoms with E-state index in [9.17, 15) is 23.4 Å². The lowest BCUT2D eigenvalue weighted by molar-refractivity contribution is -0.192. The van der Waals surface area contributed by atoms with E-state index in [1.165, 1.54) is 0 Å². The topological polar surface area (TPSA) is 173 Å². The largest absolute Gasteiger partial charge is 0.490 e. The lowest BCUT2D eigenvalue weighted by Crippen LogP contribution is -2.42. The zero-order chi connectivity index (χ0) is 29.9. The molecule has 1 aromatic carbocycles. The van der Waals surface area contributed by atoms with Crippen LogP contribution in [-0.4, -0.2) is 58.7 Å². The molecule has 0 aliphatic heterocycles. The minimum atomic E-state index is -5.08. The molecule has 7 N–H and O–H groups in total. The van der Waals surface area contributed by atoms with E-state index in [2.05, 4.69) is 21.0 Å². The van der Waals surface area contributed by atoms with E-state index in [1.54, 1.807) is 6.92 Å². The number of fused-ring (bicyclic) bond motifs is 3. The van der Waals surface area contributed by atoms with E-state index < -0.39 is 23.9 Å². The first kappa shape index (κ1) is 28.8. The Labute approximate surface area is 236 Å². The van der Waals surface area contributed by atoms with Gasteiger partial charge < -0.3 is 31.4 Å². The number of aliphatic hydroxyl groups is 2. The quantitative estimate of drug-likeness (QED) is 0.235. The summed E-state index contributed by atoms with van der Waals surface area (Å²) in [6.45, 7) is 1.80. The molecule has 0 radical (unpaired) electrons. The Morgan fingerprint density at radius 3 is 2.56 bits per heavy atom. The number of carboxylic acid groups (broad SMARTS) is 1. The van der Waals surface area contributed by atoms with E-state index in [0.717, 1.165) is 34.7 Å². The van der Waals surface area contributed by atoms with Crippen molar-refractivity contribution in [1.82, 2.24) is 19.5 Å². The molecule has 5 atom stereocenters. The number of aliphatic hydroxyl groups excluding tert-OH is 1. The van der Waals surface area contributed by atoms with Crippen molar-refractivity contribution in [3.8, 4) is 0 Å². The maximum atomic E-state index is 11.6. The highest BCUT2D eigenvalue weighted by molar-refractivity contribution is 6.33. The summed E-state index contributed by atoms with van der Waals surface area (Å²) < 4.78 is 33.7. The number of benzene rings is 1. The lowest BCUT2D eigenvalue weighted by Gasteiger charge is -2.29. The number of pyridine rings is 1. The smallest absolute Gasteiger partial charge is 0.475 e. The van der Waals surface area contributed by atoms with Gasteiger partial charge in [-0.05, 0) is 68.2 Å². The van der Waals surface area contributed by atoms with Crippen LogP contribution >= 0.6 is 11.6 Å². The standard InChI is InChI=1S/C25H27ClN6O2.C2HF3O2/c1-12-29-22(27)16-5-7-32(24(16)30-12)20-11-17-14(4-6-25(17,34)21(20)33)8-13-2-3-15-10-18(26)23(28)31-19(15)9-13;3-2(4,5)1(6)7/h2-3,5,7,9-10,14,17,20-21,33-34H,4,6,8,11H2,1H3,(H2,28,31)(H2,27,29,30);(H,6,7)/t14-,17+,20+,21-,25+;/m0./s1. The number of alkyl halides is 3. The summed E-state index contributed by atoms with van der Waals surface area (Å²) in [5.41, 5.74) is 13.5. The summed E-state index contributed by atoms with van der Waals surface area (Å²) in [7, 11) is 0. The second kappa shape index (κ2) is 10.3. The molecule has 3 heterocycles. The van der Waals surface area contributed by atoms with Gasteiger partial charge in [0.2, 0.25) is 0 Å². The van der Waals surface area contributed by atoms with Gasteiger partial charge in [0.1, 0.15) is 29.2 Å². The number of carboxylic acids is 1. The van der Waals surface area contributed by atoms with Crippen molar-refractivity contribution in [3.63, 3.8) is 0 Å². The van der Waals surface area contributed by atoms with Crippen molar-refractivity contribution >= 4 is 51.1 Å². The normalized spacial score (nSPS) is 25.7. The number of hydrogen-bond donors (Lipinski definition) is 5. The zero-order valence-corrected chi connectivity index (χ0v) is 22.6. The molecule has 0 saturated heterocycles. The highest BCUT2D eigenvalue weighted by Crippen LogP contribution is 2.55. The number of aliphatic carboxylic acids is 1. The maximum Gasteiger partial charge on any atom is 0.490 e. The molecule has 41 heavy (non-hydrogen) atoms. The van der Waals surface area contributed by atoms with Crippen molar-refractivity contribution in [2.45, 2.75) is 56.5 Å². The van der Waals surface area contributed by atoms with Crippen LogP contribution in [0.2, 0.25) is 5.02 Å². The Bertz CT molecular complexity index is 1650. The highest BCUT2D eigenvalue weighted by Gasteiger charge is 2.59. The minimum absolute atomic E-state index is 0.0239. The van der Waals surface area contributed by atoms with Crippen molar-refractivity contribution in [2.24, 2.45) is 11.8 Å². The SMILES string of the molecule is Cc1nc(N)c2ccn([C@@H]3C[C@@H]4[C@H](Cc5ccc6cc(Cl)c(N)nc6c5)CC[C@]4(O)[C@H]3O)c2n1.O=C(O)C(F)(F)F. The van der Waals surface area contributed by atoms with Crippen LogP contribution in [0.3, 0.4) is 0 Å². The summed E-state index contributed by atoms with van der Waals surface area (Å²) in [4.78, 5) is 22.1. The Kier molecular flexibility index (Phi) is 7.24. The summed E-state index contributed by atoms with van der Waals surface area (Å²) in [5, 5.41) is 32.1. The van der Waals surface area contributed by atoms with Gasteiger partial charge in [-0.3, -0.25) is 0 Å². The van der Waals surface area contributed by atoms with Crippen LogP contribution in [0.1, 0.15) is 36.7 Å². The number of halogens is 4. The summed E-state index contributed by atoms with van der Waals surface area (Å²) >= 11 is 6.11. The second-order valence-electron chi connectivity index (χ2n) is 10.7. The predicted octanol–water partition coefficient (Wildman–Crippen LogP) is 4.04. The van der Waals surface area contributed by atoms with Gasteiger partial charge in [0.05, 0.1) is 27.6 Å². The maximum absolute atomic E-state index is 11.6. The average molecular weight is 593 g/mol. The number of hydrogen-bond acceptors (Lipinski definition) is 8. The molecular formula is C27H28ClF3N6O4. The molecule has 218 valence electrons. The minimum Gasteiger partial charge on any atom is -0.475 e. The molecule has 0 spiro atoms. The number of nitrogens with two attached hydrogens (primary N) is 2.